The van der Waals surface area contributed by atoms with E-state index in [-0.39, 0.29) is 24.9 Å². The summed E-state index contributed by atoms with van der Waals surface area (Å²) in [6.45, 7) is 6.26. The lowest BCUT2D eigenvalue weighted by Crippen LogP contribution is -2.46. The van der Waals surface area contributed by atoms with Gasteiger partial charge in [-0.05, 0) is 57.8 Å². The van der Waals surface area contributed by atoms with Crippen molar-refractivity contribution in [1.82, 2.24) is 5.32 Å². The highest BCUT2D eigenvalue weighted by Gasteiger charge is 2.24. The molecule has 0 radical (unpaired) electrons. The Morgan fingerprint density at radius 2 is 1.02 bits per heavy atom. The predicted octanol–water partition coefficient (Wildman–Crippen LogP) is 13.4. The van der Waals surface area contributed by atoms with Gasteiger partial charge in [0.1, 0.15) is 6.10 Å². The Morgan fingerprint density at radius 1 is 0.536 bits per heavy atom. The first-order chi connectivity index (χ1) is 27.5. The first-order valence-electron chi connectivity index (χ1n) is 23.2. The molecule has 0 rings (SSSR count). The van der Waals surface area contributed by atoms with E-state index in [1.807, 2.05) is 48.6 Å². The predicted molar refractivity (Wildman–Crippen MR) is 241 cm³/mol. The zero-order valence-electron chi connectivity index (χ0n) is 36.5. The molecule has 0 aliphatic carbocycles. The number of amides is 1. The van der Waals surface area contributed by atoms with Crippen molar-refractivity contribution in [3.05, 3.63) is 72.9 Å². The summed E-state index contributed by atoms with van der Waals surface area (Å²) in [7, 11) is 0. The number of hydrogen-bond acceptors (Lipinski definition) is 5. The molecule has 0 aliphatic heterocycles. The summed E-state index contributed by atoms with van der Waals surface area (Å²) in [5, 5.41) is 23.6. The summed E-state index contributed by atoms with van der Waals surface area (Å²) in [4.78, 5) is 26.0. The Hall–Kier alpha value is -2.70. The minimum Gasteiger partial charge on any atom is -0.462 e. The molecule has 0 fully saturated rings. The van der Waals surface area contributed by atoms with Gasteiger partial charge in [0.05, 0.1) is 25.2 Å². The normalized spacial score (nSPS) is 14.0. The first kappa shape index (κ1) is 53.3. The Balaban J connectivity index is 4.72. The van der Waals surface area contributed by atoms with Crippen molar-refractivity contribution in [3.63, 3.8) is 0 Å². The third-order valence-electron chi connectivity index (χ3n) is 10.1. The van der Waals surface area contributed by atoms with Crippen LogP contribution in [0.2, 0.25) is 0 Å². The van der Waals surface area contributed by atoms with E-state index in [4.69, 9.17) is 4.74 Å². The van der Waals surface area contributed by atoms with Gasteiger partial charge >= 0.3 is 5.97 Å². The van der Waals surface area contributed by atoms with Gasteiger partial charge in [-0.2, -0.15) is 0 Å². The number of ether oxygens (including phenoxy) is 1. The van der Waals surface area contributed by atoms with E-state index in [9.17, 15) is 19.8 Å². The molecule has 3 N–H and O–H groups in total. The minimum absolute atomic E-state index is 0.0227. The molecule has 0 aromatic carbocycles. The van der Waals surface area contributed by atoms with E-state index >= 15 is 0 Å². The molecule has 322 valence electrons. The molecule has 0 saturated heterocycles. The number of allylic oxidation sites excluding steroid dienone is 12. The van der Waals surface area contributed by atoms with Crippen LogP contribution >= 0.6 is 0 Å². The quantitative estimate of drug-likeness (QED) is 0.0249. The van der Waals surface area contributed by atoms with Gasteiger partial charge in [-0.3, -0.25) is 9.59 Å². The van der Waals surface area contributed by atoms with Crippen LogP contribution in [0.4, 0.5) is 0 Å². The average molecular weight is 782 g/mol. The van der Waals surface area contributed by atoms with Crippen LogP contribution in [0, 0.1) is 0 Å². The fourth-order valence-corrected chi connectivity index (χ4v) is 6.61. The third-order valence-corrected chi connectivity index (χ3v) is 10.1. The molecule has 0 aliphatic rings. The maximum absolute atomic E-state index is 13.1. The lowest BCUT2D eigenvalue weighted by molar-refractivity contribution is -0.151. The zero-order chi connectivity index (χ0) is 41.0. The first-order valence-corrected chi connectivity index (χ1v) is 23.2. The number of aliphatic hydroxyl groups is 2. The fraction of sp³-hybridized carbons (Fsp3) is 0.720. The van der Waals surface area contributed by atoms with Crippen molar-refractivity contribution in [2.45, 2.75) is 225 Å². The molecule has 3 unspecified atom stereocenters. The largest absolute Gasteiger partial charge is 0.462 e. The zero-order valence-corrected chi connectivity index (χ0v) is 36.5. The highest BCUT2D eigenvalue weighted by molar-refractivity contribution is 5.77. The van der Waals surface area contributed by atoms with Crippen molar-refractivity contribution in [2.75, 3.05) is 6.61 Å². The number of rotatable bonds is 40. The molecule has 0 heterocycles. The van der Waals surface area contributed by atoms with E-state index in [1.165, 1.54) is 96.3 Å². The van der Waals surface area contributed by atoms with Gasteiger partial charge in [0, 0.05) is 6.42 Å². The molecular weight excluding hydrogens is 695 g/mol. The summed E-state index contributed by atoms with van der Waals surface area (Å²) < 4.78 is 5.86. The summed E-state index contributed by atoms with van der Waals surface area (Å²) in [6, 6.07) is -0.727. The number of nitrogens with one attached hydrogen (secondary N) is 1. The lowest BCUT2D eigenvalue weighted by Gasteiger charge is -2.24. The van der Waals surface area contributed by atoms with Gasteiger partial charge in [-0.1, -0.05) is 209 Å². The topological polar surface area (TPSA) is 95.9 Å². The summed E-state index contributed by atoms with van der Waals surface area (Å²) in [5.74, 6) is -0.563. The van der Waals surface area contributed by atoms with Crippen LogP contribution in [-0.2, 0) is 14.3 Å². The second-order valence-electron chi connectivity index (χ2n) is 15.5. The van der Waals surface area contributed by atoms with E-state index in [1.54, 1.807) is 0 Å². The Morgan fingerprint density at radius 3 is 1.59 bits per heavy atom. The molecule has 56 heavy (non-hydrogen) atoms. The molecule has 6 nitrogen and oxygen atoms in total. The van der Waals surface area contributed by atoms with Gasteiger partial charge in [-0.15, -0.1) is 0 Å². The third kappa shape index (κ3) is 38.2. The summed E-state index contributed by atoms with van der Waals surface area (Å²) >= 11 is 0. The van der Waals surface area contributed by atoms with Crippen LogP contribution in [0.5, 0.6) is 0 Å². The molecule has 6 heteroatoms. The SMILES string of the molecule is CC/C=C/C=C/C=C\C=C/C=C/CCCC(CC(=O)NC(CO)C(O)CCCCCCCCCCCCCCC)OC(=O)CCCCCCC/C=C\CCCC. The number of carbonyl (C=O) groups excluding carboxylic acids is 2. The van der Waals surface area contributed by atoms with Crippen LogP contribution in [0.3, 0.4) is 0 Å². The van der Waals surface area contributed by atoms with Crippen LogP contribution in [0.25, 0.3) is 0 Å². The second kappa shape index (κ2) is 43.4. The monoisotopic (exact) mass is 782 g/mol. The number of aliphatic hydroxyl groups excluding tert-OH is 2. The van der Waals surface area contributed by atoms with E-state index < -0.39 is 18.2 Å². The van der Waals surface area contributed by atoms with Crippen molar-refractivity contribution in [3.8, 4) is 0 Å². The molecular formula is C50H87NO5. The maximum atomic E-state index is 13.1. The summed E-state index contributed by atoms with van der Waals surface area (Å²) in [5.41, 5.74) is 0. The standard InChI is InChI=1S/C50H87NO5/c1-4-7-10-13-16-19-22-24-27-29-32-35-38-41-46(56-50(55)43-40-37-34-31-26-21-18-15-12-9-6-3)44-49(54)51-47(45-52)48(53)42-39-36-33-30-28-25-23-20-17-14-11-8-5-2/h7,10,13,15-16,18-19,22,24,27,29,32,46-48,52-53H,4-6,8-9,11-12,14,17,20-21,23,25-26,28,30-31,33-45H2,1-3H3,(H,51,54)/b10-7+,16-13+,18-15-,22-19-,27-24-,32-29+. The number of hydrogen-bond donors (Lipinski definition) is 3. The van der Waals surface area contributed by atoms with E-state index in [0.717, 1.165) is 64.2 Å². The Labute approximate surface area is 345 Å². The fourth-order valence-electron chi connectivity index (χ4n) is 6.61. The van der Waals surface area contributed by atoms with Crippen LogP contribution in [0.1, 0.15) is 207 Å². The van der Waals surface area contributed by atoms with Crippen LogP contribution in [0.15, 0.2) is 72.9 Å². The molecule has 0 saturated carbocycles. The van der Waals surface area contributed by atoms with Crippen LogP contribution in [-0.4, -0.2) is 46.9 Å². The molecule has 3 atom stereocenters. The van der Waals surface area contributed by atoms with Crippen molar-refractivity contribution >= 4 is 11.9 Å². The molecule has 0 bridgehead atoms. The highest BCUT2D eigenvalue weighted by Crippen LogP contribution is 2.16. The average Bonchev–Trinajstić information content (AvgIpc) is 3.19. The molecule has 0 aromatic rings. The Bertz CT molecular complexity index is 1060. The van der Waals surface area contributed by atoms with Crippen LogP contribution < -0.4 is 5.32 Å². The van der Waals surface area contributed by atoms with E-state index in [2.05, 4.69) is 50.4 Å². The minimum atomic E-state index is -0.809. The molecule has 1 amide bonds. The lowest BCUT2D eigenvalue weighted by atomic mass is 10.0. The van der Waals surface area contributed by atoms with Gasteiger partial charge in [0.15, 0.2) is 0 Å². The van der Waals surface area contributed by atoms with Gasteiger partial charge < -0.3 is 20.3 Å². The Kier molecular flexibility index (Phi) is 41.3. The second-order valence-corrected chi connectivity index (χ2v) is 15.5. The molecule has 0 spiro atoms. The van der Waals surface area contributed by atoms with Gasteiger partial charge in [0.25, 0.3) is 0 Å². The molecule has 0 aromatic heterocycles. The van der Waals surface area contributed by atoms with Gasteiger partial charge in [-0.25, -0.2) is 0 Å². The summed E-state index contributed by atoms with van der Waals surface area (Å²) in [6.07, 6.45) is 53.9. The van der Waals surface area contributed by atoms with Crippen molar-refractivity contribution in [1.29, 1.82) is 0 Å². The van der Waals surface area contributed by atoms with Gasteiger partial charge in [0.2, 0.25) is 5.91 Å². The number of esters is 1. The van der Waals surface area contributed by atoms with E-state index in [0.29, 0.717) is 19.3 Å². The van der Waals surface area contributed by atoms with Crippen molar-refractivity contribution in [2.24, 2.45) is 0 Å². The number of carbonyl (C=O) groups is 2. The number of unbranched alkanes of at least 4 members (excludes halogenated alkanes) is 20. The highest BCUT2D eigenvalue weighted by atomic mass is 16.5. The smallest absolute Gasteiger partial charge is 0.306 e. The van der Waals surface area contributed by atoms with Crippen molar-refractivity contribution < 1.29 is 24.5 Å². The maximum Gasteiger partial charge on any atom is 0.306 e.